The Hall–Kier alpha value is -6.68. The van der Waals surface area contributed by atoms with E-state index in [-0.39, 0.29) is 0 Å². The van der Waals surface area contributed by atoms with Crippen molar-refractivity contribution in [3.63, 3.8) is 0 Å². The molecule has 6 nitrogen and oxygen atoms in total. The average Bonchev–Trinajstić information content (AvgIpc) is 3.60. The van der Waals surface area contributed by atoms with Crippen molar-refractivity contribution in [2.45, 2.75) is 0 Å². The van der Waals surface area contributed by atoms with Gasteiger partial charge in [0.25, 0.3) is 0 Å². The molecule has 8 aromatic rings. The number of benzene rings is 5. The third-order valence-corrected chi connectivity index (χ3v) is 8.22. The molecular formula is C38H20N6. The summed E-state index contributed by atoms with van der Waals surface area (Å²) in [5.41, 5.74) is 9.27. The Labute approximate surface area is 252 Å². The zero-order valence-electron chi connectivity index (χ0n) is 23.2. The Morgan fingerprint density at radius 3 is 1.68 bits per heavy atom. The first-order valence-electron chi connectivity index (χ1n) is 14.1. The Balaban J connectivity index is 1.49. The Kier molecular flexibility index (Phi) is 5.53. The molecule has 6 heteroatoms. The fourth-order valence-corrected chi connectivity index (χ4v) is 6.26. The molecule has 5 aromatic carbocycles. The van der Waals surface area contributed by atoms with Gasteiger partial charge < -0.3 is 4.57 Å². The number of aromatic nitrogens is 3. The van der Waals surface area contributed by atoms with Crippen LogP contribution in [0.15, 0.2) is 121 Å². The zero-order chi connectivity index (χ0) is 29.8. The highest BCUT2D eigenvalue weighted by Crippen LogP contribution is 2.37. The van der Waals surface area contributed by atoms with Crippen molar-refractivity contribution in [2.24, 2.45) is 0 Å². The highest BCUT2D eigenvalue weighted by Gasteiger charge is 2.18. The summed E-state index contributed by atoms with van der Waals surface area (Å²) in [6.07, 6.45) is 1.82. The van der Waals surface area contributed by atoms with Crippen LogP contribution in [0.25, 0.3) is 66.2 Å². The summed E-state index contributed by atoms with van der Waals surface area (Å²) in [6, 6.07) is 44.5. The van der Waals surface area contributed by atoms with Crippen molar-refractivity contribution in [3.8, 4) is 40.7 Å². The van der Waals surface area contributed by atoms with E-state index in [0.29, 0.717) is 16.7 Å². The van der Waals surface area contributed by atoms with Gasteiger partial charge in [0.15, 0.2) is 0 Å². The maximum Gasteiger partial charge on any atom is 0.145 e. The van der Waals surface area contributed by atoms with Gasteiger partial charge in [-0.3, -0.25) is 4.57 Å². The molecule has 0 unspecified atom stereocenters. The molecular weight excluding hydrogens is 540 g/mol. The summed E-state index contributed by atoms with van der Waals surface area (Å²) in [5.74, 6) is 0. The predicted molar refractivity (Wildman–Crippen MR) is 172 cm³/mol. The van der Waals surface area contributed by atoms with Gasteiger partial charge in [-0.1, -0.05) is 30.3 Å². The lowest BCUT2D eigenvalue weighted by molar-refractivity contribution is 1.11. The fourth-order valence-electron chi connectivity index (χ4n) is 6.26. The number of fused-ring (bicyclic) bond motifs is 6. The highest BCUT2D eigenvalue weighted by molar-refractivity contribution is 6.10. The second-order valence-corrected chi connectivity index (χ2v) is 10.7. The van der Waals surface area contributed by atoms with Crippen molar-refractivity contribution in [1.29, 1.82) is 15.8 Å². The second-order valence-electron chi connectivity index (χ2n) is 10.7. The molecule has 0 fully saturated rings. The van der Waals surface area contributed by atoms with Crippen molar-refractivity contribution in [1.82, 2.24) is 14.1 Å². The second kappa shape index (κ2) is 9.71. The summed E-state index contributed by atoms with van der Waals surface area (Å²) in [6.45, 7) is 0. The van der Waals surface area contributed by atoms with Crippen LogP contribution in [0.3, 0.4) is 0 Å². The lowest BCUT2D eigenvalue weighted by Gasteiger charge is -2.15. The number of nitrogens with zero attached hydrogens (tertiary/aromatic N) is 6. The largest absolute Gasteiger partial charge is 0.309 e. The Morgan fingerprint density at radius 1 is 0.455 bits per heavy atom. The quantitative estimate of drug-likeness (QED) is 0.216. The molecule has 3 heterocycles. The summed E-state index contributed by atoms with van der Waals surface area (Å²) in [4.78, 5) is 4.81. The lowest BCUT2D eigenvalue weighted by Crippen LogP contribution is -2.01. The van der Waals surface area contributed by atoms with Crippen LogP contribution >= 0.6 is 0 Å². The van der Waals surface area contributed by atoms with E-state index < -0.39 is 0 Å². The van der Waals surface area contributed by atoms with Gasteiger partial charge in [0.2, 0.25) is 0 Å². The van der Waals surface area contributed by atoms with Crippen LogP contribution in [0.2, 0.25) is 0 Å². The van der Waals surface area contributed by atoms with Crippen LogP contribution in [0.1, 0.15) is 16.7 Å². The van der Waals surface area contributed by atoms with Crippen molar-refractivity contribution in [3.05, 3.63) is 138 Å². The normalized spacial score (nSPS) is 11.1. The molecule has 202 valence electrons. The van der Waals surface area contributed by atoms with Crippen LogP contribution in [0.5, 0.6) is 0 Å². The molecule has 3 aromatic heterocycles. The molecule has 0 aliphatic carbocycles. The minimum absolute atomic E-state index is 0.558. The molecule has 0 bridgehead atoms. The summed E-state index contributed by atoms with van der Waals surface area (Å²) in [5, 5.41) is 32.7. The van der Waals surface area contributed by atoms with Gasteiger partial charge in [0, 0.05) is 33.4 Å². The first-order valence-corrected chi connectivity index (χ1v) is 14.1. The number of para-hydroxylation sites is 1. The summed E-state index contributed by atoms with van der Waals surface area (Å²) in [7, 11) is 0. The lowest BCUT2D eigenvalue weighted by atomic mass is 10.0. The van der Waals surface area contributed by atoms with E-state index >= 15 is 0 Å². The maximum absolute atomic E-state index is 9.67. The van der Waals surface area contributed by atoms with Crippen LogP contribution in [0.4, 0.5) is 0 Å². The molecule has 0 saturated carbocycles. The molecule has 0 radical (unpaired) electrons. The minimum Gasteiger partial charge on any atom is -0.309 e. The van der Waals surface area contributed by atoms with E-state index in [1.807, 2.05) is 85.1 Å². The molecule has 0 spiro atoms. The molecule has 0 aliphatic heterocycles. The SMILES string of the molecule is N#Cc1ccc(-c2cc(-n3c4ccc(C#N)cc4c4cc(C#N)ccc43)cc(-n3c4ccccc4c4cccnc43)c2)cc1. The van der Waals surface area contributed by atoms with Crippen molar-refractivity contribution < 1.29 is 0 Å². The first kappa shape index (κ1) is 25.1. The monoisotopic (exact) mass is 560 g/mol. The predicted octanol–water partition coefficient (Wildman–Crippen LogP) is 8.56. The number of nitriles is 3. The average molecular weight is 561 g/mol. The topological polar surface area (TPSA) is 94.1 Å². The smallest absolute Gasteiger partial charge is 0.145 e. The third kappa shape index (κ3) is 3.75. The van der Waals surface area contributed by atoms with Crippen LogP contribution in [-0.2, 0) is 0 Å². The maximum atomic E-state index is 9.67. The number of rotatable bonds is 3. The van der Waals surface area contributed by atoms with Crippen LogP contribution in [0, 0.1) is 34.0 Å². The van der Waals surface area contributed by atoms with Gasteiger partial charge in [-0.05, 0) is 96.1 Å². The third-order valence-electron chi connectivity index (χ3n) is 8.22. The van der Waals surface area contributed by atoms with E-state index in [4.69, 9.17) is 4.98 Å². The van der Waals surface area contributed by atoms with Gasteiger partial charge in [0.1, 0.15) is 5.65 Å². The van der Waals surface area contributed by atoms with Gasteiger partial charge in [-0.15, -0.1) is 0 Å². The summed E-state index contributed by atoms with van der Waals surface area (Å²) < 4.78 is 4.38. The van der Waals surface area contributed by atoms with E-state index in [1.165, 1.54) is 0 Å². The van der Waals surface area contributed by atoms with Crippen molar-refractivity contribution in [2.75, 3.05) is 0 Å². The molecule has 8 rings (SSSR count). The van der Waals surface area contributed by atoms with E-state index in [1.54, 1.807) is 0 Å². The highest BCUT2D eigenvalue weighted by atomic mass is 15.1. The molecule has 0 atom stereocenters. The molecule has 44 heavy (non-hydrogen) atoms. The summed E-state index contributed by atoms with van der Waals surface area (Å²) >= 11 is 0. The molecule has 0 saturated heterocycles. The van der Waals surface area contributed by atoms with Gasteiger partial charge in [0.05, 0.1) is 57.1 Å². The zero-order valence-corrected chi connectivity index (χ0v) is 23.2. The minimum atomic E-state index is 0.558. The molecule has 0 aliphatic rings. The van der Waals surface area contributed by atoms with E-state index in [0.717, 1.165) is 66.2 Å². The first-order chi connectivity index (χ1) is 21.7. The molecule has 0 amide bonds. The Morgan fingerprint density at radius 2 is 1.02 bits per heavy atom. The number of hydrogen-bond donors (Lipinski definition) is 0. The van der Waals surface area contributed by atoms with Crippen molar-refractivity contribution >= 4 is 43.7 Å². The fraction of sp³-hybridized carbons (Fsp3) is 0. The van der Waals surface area contributed by atoms with Crippen LogP contribution < -0.4 is 0 Å². The number of hydrogen-bond acceptors (Lipinski definition) is 4. The van der Waals surface area contributed by atoms with Gasteiger partial charge >= 0.3 is 0 Å². The Bertz CT molecular complexity index is 2460. The van der Waals surface area contributed by atoms with E-state index in [2.05, 4.69) is 63.7 Å². The van der Waals surface area contributed by atoms with Gasteiger partial charge in [-0.2, -0.15) is 15.8 Å². The number of pyridine rings is 1. The standard InChI is InChI=1S/C38H20N6/c39-21-24-7-11-27(12-8-24)28-18-29(20-30(19-28)44-35-6-2-1-4-31(35)32-5-3-15-42-38(32)44)43-36-13-9-25(22-40)16-33(36)34-17-26(23-41)10-14-37(34)43/h1-20H. The van der Waals surface area contributed by atoms with Crippen LogP contribution in [-0.4, -0.2) is 14.1 Å². The molecule has 0 N–H and O–H groups in total. The van der Waals surface area contributed by atoms with Gasteiger partial charge in [-0.25, -0.2) is 4.98 Å². The van der Waals surface area contributed by atoms with E-state index in [9.17, 15) is 15.8 Å².